The summed E-state index contributed by atoms with van der Waals surface area (Å²) in [6.45, 7) is 9.54. The highest BCUT2D eigenvalue weighted by atomic mass is 16.3. The first-order chi connectivity index (χ1) is 16.9. The van der Waals surface area contributed by atoms with E-state index in [0.717, 1.165) is 40.9 Å². The fourth-order valence-corrected chi connectivity index (χ4v) is 5.40. The molecule has 8 nitrogen and oxygen atoms in total. The third kappa shape index (κ3) is 4.80. The lowest BCUT2D eigenvalue weighted by molar-refractivity contribution is 0.114. The van der Waals surface area contributed by atoms with Crippen LogP contribution in [0.5, 0.6) is 0 Å². The predicted molar refractivity (Wildman–Crippen MR) is 135 cm³/mol. The number of aromatic amines is 1. The van der Waals surface area contributed by atoms with Gasteiger partial charge in [0.25, 0.3) is 5.56 Å². The van der Waals surface area contributed by atoms with Crippen molar-refractivity contribution < 1.29 is 4.42 Å². The lowest BCUT2D eigenvalue weighted by Crippen LogP contribution is -2.35. The van der Waals surface area contributed by atoms with Crippen molar-refractivity contribution in [1.82, 2.24) is 30.1 Å². The van der Waals surface area contributed by atoms with Gasteiger partial charge in [0.1, 0.15) is 5.76 Å². The maximum absolute atomic E-state index is 13.2. The lowest BCUT2D eigenvalue weighted by Gasteiger charge is -2.33. The summed E-state index contributed by atoms with van der Waals surface area (Å²) in [5.41, 5.74) is 3.89. The number of tetrazole rings is 1. The van der Waals surface area contributed by atoms with Gasteiger partial charge in [0.15, 0.2) is 5.82 Å². The third-order valence-electron chi connectivity index (χ3n) is 7.33. The molecule has 8 heteroatoms. The van der Waals surface area contributed by atoms with E-state index >= 15 is 0 Å². The second kappa shape index (κ2) is 9.77. The molecule has 4 aromatic rings. The Labute approximate surface area is 205 Å². The Hall–Kier alpha value is -3.26. The highest BCUT2D eigenvalue weighted by Crippen LogP contribution is 2.35. The second-order valence-corrected chi connectivity index (χ2v) is 10.2. The lowest BCUT2D eigenvalue weighted by atomic mass is 9.99. The molecule has 1 aliphatic carbocycles. The molecule has 5 rings (SSSR count). The summed E-state index contributed by atoms with van der Waals surface area (Å²) in [6, 6.07) is 10.3. The molecule has 1 atom stereocenters. The molecule has 0 radical (unpaired) electrons. The van der Waals surface area contributed by atoms with Gasteiger partial charge in [-0.25, -0.2) is 4.68 Å². The smallest absolute Gasteiger partial charge is 0.252 e. The fraction of sp³-hybridized carbons (Fsp3) is 0.481. The van der Waals surface area contributed by atoms with Gasteiger partial charge in [0.2, 0.25) is 0 Å². The molecule has 184 valence electrons. The van der Waals surface area contributed by atoms with Crippen molar-refractivity contribution in [2.45, 2.75) is 78.6 Å². The van der Waals surface area contributed by atoms with Crippen molar-refractivity contribution in [3.05, 3.63) is 75.2 Å². The minimum atomic E-state index is -0.0782. The number of furan rings is 1. The van der Waals surface area contributed by atoms with Crippen LogP contribution in [0.4, 0.5) is 0 Å². The second-order valence-electron chi connectivity index (χ2n) is 10.2. The molecule has 35 heavy (non-hydrogen) atoms. The summed E-state index contributed by atoms with van der Waals surface area (Å²) < 4.78 is 7.75. The number of nitrogens with zero attached hydrogens (tertiary/aromatic N) is 5. The van der Waals surface area contributed by atoms with E-state index in [1.165, 1.54) is 24.0 Å². The zero-order valence-electron chi connectivity index (χ0n) is 21.0. The van der Waals surface area contributed by atoms with Crippen molar-refractivity contribution in [3.63, 3.8) is 0 Å². The molecule has 1 fully saturated rings. The van der Waals surface area contributed by atoms with E-state index in [4.69, 9.17) is 4.42 Å². The maximum atomic E-state index is 13.2. The highest BCUT2D eigenvalue weighted by Gasteiger charge is 2.33. The van der Waals surface area contributed by atoms with Crippen LogP contribution < -0.4 is 5.56 Å². The normalized spacial score (nSPS) is 15.6. The van der Waals surface area contributed by atoms with Crippen molar-refractivity contribution >= 4 is 10.9 Å². The van der Waals surface area contributed by atoms with Crippen LogP contribution in [-0.4, -0.2) is 30.1 Å². The first-order valence-electron chi connectivity index (χ1n) is 12.6. The number of pyridine rings is 1. The van der Waals surface area contributed by atoms with Crippen molar-refractivity contribution in [3.8, 4) is 0 Å². The van der Waals surface area contributed by atoms with Crippen molar-refractivity contribution in [1.29, 1.82) is 0 Å². The number of nitrogens with one attached hydrogen (secondary N) is 1. The van der Waals surface area contributed by atoms with Gasteiger partial charge in [-0.1, -0.05) is 26.7 Å². The van der Waals surface area contributed by atoms with Gasteiger partial charge in [0, 0.05) is 17.6 Å². The van der Waals surface area contributed by atoms with Gasteiger partial charge in [-0.2, -0.15) is 0 Å². The Morgan fingerprint density at radius 3 is 2.63 bits per heavy atom. The molecule has 3 heterocycles. The number of hydrogen-bond donors (Lipinski definition) is 1. The zero-order chi connectivity index (χ0) is 24.5. The number of fused-ring (bicyclic) bond motifs is 1. The summed E-state index contributed by atoms with van der Waals surface area (Å²) in [6.07, 6.45) is 6.30. The van der Waals surface area contributed by atoms with Gasteiger partial charge < -0.3 is 9.40 Å². The van der Waals surface area contributed by atoms with Gasteiger partial charge in [-0.05, 0) is 89.9 Å². The number of H-pyrrole nitrogens is 1. The van der Waals surface area contributed by atoms with E-state index in [1.807, 2.05) is 28.9 Å². The number of benzene rings is 1. The number of aromatic nitrogens is 5. The first-order valence-corrected chi connectivity index (χ1v) is 12.6. The van der Waals surface area contributed by atoms with Gasteiger partial charge in [0.05, 0.1) is 24.9 Å². The van der Waals surface area contributed by atoms with Crippen LogP contribution in [0.15, 0.2) is 45.8 Å². The van der Waals surface area contributed by atoms with Crippen LogP contribution in [0.2, 0.25) is 0 Å². The van der Waals surface area contributed by atoms with Crippen LogP contribution in [-0.2, 0) is 13.1 Å². The average molecular weight is 475 g/mol. The van der Waals surface area contributed by atoms with Crippen LogP contribution in [0, 0.1) is 19.8 Å². The van der Waals surface area contributed by atoms with E-state index in [9.17, 15) is 4.79 Å². The van der Waals surface area contributed by atoms with Crippen LogP contribution >= 0.6 is 0 Å². The zero-order valence-corrected chi connectivity index (χ0v) is 21.0. The summed E-state index contributed by atoms with van der Waals surface area (Å²) >= 11 is 0. The predicted octanol–water partition coefficient (Wildman–Crippen LogP) is 5.24. The quantitative estimate of drug-likeness (QED) is 0.375. The van der Waals surface area contributed by atoms with E-state index in [2.05, 4.69) is 59.2 Å². The third-order valence-corrected chi connectivity index (χ3v) is 7.33. The summed E-state index contributed by atoms with van der Waals surface area (Å²) in [5.74, 6) is 1.93. The number of hydrogen-bond acceptors (Lipinski definition) is 6. The number of aryl methyl sites for hydroxylation is 2. The Kier molecular flexibility index (Phi) is 6.56. The molecule has 0 unspecified atom stereocenters. The Bertz CT molecular complexity index is 1350. The van der Waals surface area contributed by atoms with E-state index < -0.39 is 0 Å². The average Bonchev–Trinajstić information content (AvgIpc) is 3.58. The Morgan fingerprint density at radius 1 is 1.14 bits per heavy atom. The monoisotopic (exact) mass is 474 g/mol. The van der Waals surface area contributed by atoms with Crippen LogP contribution in [0.25, 0.3) is 10.9 Å². The molecule has 3 aromatic heterocycles. The standard InChI is InChI=1S/C27H34N6O2/c1-17(2)25(26-29-30-31-33(26)22-8-5-6-9-22)32(16-23-10-7-11-35-23)15-21-14-20-12-18(3)19(4)13-24(20)28-27(21)34/h7,10-14,17,22,25H,5-6,8-9,15-16H2,1-4H3,(H,28,34)/t25-/m1/s1. The molecule has 0 aliphatic heterocycles. The molecule has 1 saturated carbocycles. The highest BCUT2D eigenvalue weighted by molar-refractivity contribution is 5.80. The molecule has 1 aliphatic rings. The van der Waals surface area contributed by atoms with E-state index in [0.29, 0.717) is 19.1 Å². The van der Waals surface area contributed by atoms with E-state index in [1.54, 1.807) is 6.26 Å². The molecule has 1 aromatic carbocycles. The molecule has 1 N–H and O–H groups in total. The van der Waals surface area contributed by atoms with Gasteiger partial charge >= 0.3 is 0 Å². The summed E-state index contributed by atoms with van der Waals surface area (Å²) in [7, 11) is 0. The molecule has 0 amide bonds. The first kappa shape index (κ1) is 23.5. The topological polar surface area (TPSA) is 92.8 Å². The maximum Gasteiger partial charge on any atom is 0.252 e. The van der Waals surface area contributed by atoms with Gasteiger partial charge in [-0.3, -0.25) is 9.69 Å². The fourth-order valence-electron chi connectivity index (χ4n) is 5.40. The van der Waals surface area contributed by atoms with Crippen LogP contribution in [0.3, 0.4) is 0 Å². The Balaban J connectivity index is 1.56. The van der Waals surface area contributed by atoms with Crippen LogP contribution in [0.1, 0.15) is 79.9 Å². The molecule has 0 spiro atoms. The van der Waals surface area contributed by atoms with Gasteiger partial charge in [-0.15, -0.1) is 5.10 Å². The number of rotatable bonds is 8. The SMILES string of the molecule is Cc1cc2cc(CN(Cc3ccco3)[C@@H](c3nnnn3C3CCCC3)C(C)C)c(=O)[nH]c2cc1C. The largest absolute Gasteiger partial charge is 0.468 e. The minimum absolute atomic E-state index is 0.0666. The summed E-state index contributed by atoms with van der Waals surface area (Å²) in [5, 5.41) is 14.0. The molecular weight excluding hydrogens is 440 g/mol. The Morgan fingerprint density at radius 2 is 1.91 bits per heavy atom. The summed E-state index contributed by atoms with van der Waals surface area (Å²) in [4.78, 5) is 18.5. The minimum Gasteiger partial charge on any atom is -0.468 e. The van der Waals surface area contributed by atoms with Crippen molar-refractivity contribution in [2.75, 3.05) is 0 Å². The van der Waals surface area contributed by atoms with E-state index in [-0.39, 0.29) is 17.5 Å². The molecule has 0 saturated heterocycles. The van der Waals surface area contributed by atoms with Crippen molar-refractivity contribution in [2.24, 2.45) is 5.92 Å². The molecule has 0 bridgehead atoms. The molecular formula is C27H34N6O2.